The quantitative estimate of drug-likeness (QED) is 0.580. The molecule has 0 atom stereocenters. The molecule has 0 aliphatic heterocycles. The second kappa shape index (κ2) is 6.88. The average Bonchev–Trinajstić information content (AvgIpc) is 2.62. The van der Waals surface area contributed by atoms with E-state index in [-0.39, 0.29) is 11.6 Å². The Balaban J connectivity index is 1.90. The maximum atomic E-state index is 12.6. The van der Waals surface area contributed by atoms with Crippen molar-refractivity contribution in [2.45, 2.75) is 6.92 Å². The van der Waals surface area contributed by atoms with Gasteiger partial charge < -0.3 is 5.32 Å². The number of anilines is 1. The highest BCUT2D eigenvalue weighted by molar-refractivity contribution is 6.07. The van der Waals surface area contributed by atoms with E-state index < -0.39 is 4.92 Å². The van der Waals surface area contributed by atoms with Crippen molar-refractivity contribution in [3.05, 3.63) is 82.3 Å². The van der Waals surface area contributed by atoms with Gasteiger partial charge in [-0.25, -0.2) is 9.97 Å². The predicted octanol–water partition coefficient (Wildman–Crippen LogP) is 3.61. The highest BCUT2D eigenvalue weighted by Gasteiger charge is 2.16. The molecule has 1 N–H and O–H groups in total. The largest absolute Gasteiger partial charge is 0.322 e. The van der Waals surface area contributed by atoms with Crippen LogP contribution in [0.4, 0.5) is 11.4 Å². The van der Waals surface area contributed by atoms with Crippen LogP contribution in [0.25, 0.3) is 11.3 Å². The van der Waals surface area contributed by atoms with Crippen LogP contribution in [0.5, 0.6) is 0 Å². The Labute approximate surface area is 143 Å². The minimum absolute atomic E-state index is 0.00557. The Morgan fingerprint density at radius 3 is 2.60 bits per heavy atom. The molecule has 0 unspecified atom stereocenters. The third kappa shape index (κ3) is 3.50. The molecule has 1 amide bonds. The first-order chi connectivity index (χ1) is 12.1. The van der Waals surface area contributed by atoms with Crippen LogP contribution in [0.3, 0.4) is 0 Å². The molecule has 0 aliphatic carbocycles. The number of hydrogen-bond acceptors (Lipinski definition) is 5. The number of rotatable bonds is 4. The maximum absolute atomic E-state index is 12.6. The van der Waals surface area contributed by atoms with E-state index in [2.05, 4.69) is 15.3 Å². The number of benzene rings is 2. The van der Waals surface area contributed by atoms with Crippen LogP contribution in [0.15, 0.2) is 61.1 Å². The van der Waals surface area contributed by atoms with Gasteiger partial charge in [-0.05, 0) is 19.1 Å². The van der Waals surface area contributed by atoms with Gasteiger partial charge in [-0.15, -0.1) is 0 Å². The highest BCUT2D eigenvalue weighted by Crippen LogP contribution is 2.24. The van der Waals surface area contributed by atoms with Gasteiger partial charge in [-0.3, -0.25) is 14.9 Å². The Kier molecular flexibility index (Phi) is 4.47. The monoisotopic (exact) mass is 334 g/mol. The second-order valence-corrected chi connectivity index (χ2v) is 5.36. The molecule has 7 nitrogen and oxygen atoms in total. The van der Waals surface area contributed by atoms with E-state index in [1.807, 2.05) is 30.3 Å². The van der Waals surface area contributed by atoms with Crippen molar-refractivity contribution < 1.29 is 9.72 Å². The summed E-state index contributed by atoms with van der Waals surface area (Å²) < 4.78 is 0. The predicted molar refractivity (Wildman–Crippen MR) is 93.3 cm³/mol. The van der Waals surface area contributed by atoms with Crippen LogP contribution >= 0.6 is 0 Å². The Bertz CT molecular complexity index is 942. The number of nitrogens with one attached hydrogen (secondary N) is 1. The molecule has 0 aliphatic rings. The van der Waals surface area contributed by atoms with Crippen molar-refractivity contribution in [1.82, 2.24) is 9.97 Å². The molecule has 3 aromatic rings. The SMILES string of the molecule is Cc1cc(NC(=O)c2cncnc2-c2ccccc2)ccc1[N+](=O)[O-]. The number of nitro benzene ring substituents is 1. The summed E-state index contributed by atoms with van der Waals surface area (Å²) in [5.41, 5.74) is 2.59. The minimum Gasteiger partial charge on any atom is -0.322 e. The molecule has 0 saturated heterocycles. The lowest BCUT2D eigenvalue weighted by molar-refractivity contribution is -0.385. The lowest BCUT2D eigenvalue weighted by Gasteiger charge is -2.09. The molecule has 0 saturated carbocycles. The first-order valence-corrected chi connectivity index (χ1v) is 7.48. The van der Waals surface area contributed by atoms with Crippen LogP contribution in [-0.2, 0) is 0 Å². The summed E-state index contributed by atoms with van der Waals surface area (Å²) in [6, 6.07) is 13.7. The van der Waals surface area contributed by atoms with Gasteiger partial charge in [0, 0.05) is 29.1 Å². The van der Waals surface area contributed by atoms with Crippen LogP contribution in [0, 0.1) is 17.0 Å². The Morgan fingerprint density at radius 1 is 1.16 bits per heavy atom. The van der Waals surface area contributed by atoms with E-state index in [1.165, 1.54) is 24.7 Å². The minimum atomic E-state index is -0.459. The number of amides is 1. The molecule has 0 fully saturated rings. The Morgan fingerprint density at radius 2 is 1.92 bits per heavy atom. The van der Waals surface area contributed by atoms with E-state index in [0.29, 0.717) is 22.5 Å². The molecule has 0 radical (unpaired) electrons. The lowest BCUT2D eigenvalue weighted by Crippen LogP contribution is -2.14. The van der Waals surface area contributed by atoms with E-state index in [4.69, 9.17) is 0 Å². The standard InChI is InChI=1S/C18H14N4O3/c1-12-9-14(7-8-16(12)22(24)25)21-18(23)15-10-19-11-20-17(15)13-5-3-2-4-6-13/h2-11H,1H3,(H,21,23). The van der Waals surface area contributed by atoms with Gasteiger partial charge in [-0.1, -0.05) is 30.3 Å². The van der Waals surface area contributed by atoms with Gasteiger partial charge in [-0.2, -0.15) is 0 Å². The molecule has 2 aromatic carbocycles. The van der Waals surface area contributed by atoms with Crippen molar-refractivity contribution >= 4 is 17.3 Å². The summed E-state index contributed by atoms with van der Waals surface area (Å²) in [7, 11) is 0. The summed E-state index contributed by atoms with van der Waals surface area (Å²) in [5.74, 6) is -0.382. The number of aryl methyl sites for hydroxylation is 1. The average molecular weight is 334 g/mol. The van der Waals surface area contributed by atoms with Crippen molar-refractivity contribution in [3.63, 3.8) is 0 Å². The molecule has 0 spiro atoms. The number of hydrogen-bond donors (Lipinski definition) is 1. The van der Waals surface area contributed by atoms with Gasteiger partial charge in [0.25, 0.3) is 11.6 Å². The van der Waals surface area contributed by atoms with Crippen molar-refractivity contribution in [1.29, 1.82) is 0 Å². The second-order valence-electron chi connectivity index (χ2n) is 5.36. The van der Waals surface area contributed by atoms with Crippen LogP contribution in [0.1, 0.15) is 15.9 Å². The van der Waals surface area contributed by atoms with E-state index in [9.17, 15) is 14.9 Å². The van der Waals surface area contributed by atoms with Gasteiger partial charge in [0.2, 0.25) is 0 Å². The van der Waals surface area contributed by atoms with Gasteiger partial charge >= 0.3 is 0 Å². The van der Waals surface area contributed by atoms with Crippen molar-refractivity contribution in [3.8, 4) is 11.3 Å². The summed E-state index contributed by atoms with van der Waals surface area (Å²) in [4.78, 5) is 31.2. The molecule has 3 rings (SSSR count). The molecular formula is C18H14N4O3. The van der Waals surface area contributed by atoms with E-state index >= 15 is 0 Å². The lowest BCUT2D eigenvalue weighted by atomic mass is 10.1. The topological polar surface area (TPSA) is 98.0 Å². The molecule has 25 heavy (non-hydrogen) atoms. The highest BCUT2D eigenvalue weighted by atomic mass is 16.6. The number of carbonyl (C=O) groups is 1. The zero-order valence-electron chi connectivity index (χ0n) is 13.3. The fourth-order valence-electron chi connectivity index (χ4n) is 2.46. The number of nitro groups is 1. The number of nitrogens with zero attached hydrogens (tertiary/aromatic N) is 3. The smallest absolute Gasteiger partial charge is 0.272 e. The fourth-order valence-corrected chi connectivity index (χ4v) is 2.46. The molecule has 1 aromatic heterocycles. The third-order valence-electron chi connectivity index (χ3n) is 3.66. The Hall–Kier alpha value is -3.61. The maximum Gasteiger partial charge on any atom is 0.272 e. The molecule has 1 heterocycles. The molecule has 7 heteroatoms. The summed E-state index contributed by atoms with van der Waals surface area (Å²) in [6.45, 7) is 1.62. The van der Waals surface area contributed by atoms with E-state index in [1.54, 1.807) is 13.0 Å². The summed E-state index contributed by atoms with van der Waals surface area (Å²) in [6.07, 6.45) is 2.83. The van der Waals surface area contributed by atoms with Gasteiger partial charge in [0.1, 0.15) is 6.33 Å². The first kappa shape index (κ1) is 16.3. The zero-order chi connectivity index (χ0) is 17.8. The molecule has 124 valence electrons. The van der Waals surface area contributed by atoms with Crippen LogP contribution in [0.2, 0.25) is 0 Å². The summed E-state index contributed by atoms with van der Waals surface area (Å²) in [5, 5.41) is 13.6. The normalized spacial score (nSPS) is 10.3. The van der Waals surface area contributed by atoms with Gasteiger partial charge in [0.05, 0.1) is 16.2 Å². The van der Waals surface area contributed by atoms with Crippen molar-refractivity contribution in [2.75, 3.05) is 5.32 Å². The first-order valence-electron chi connectivity index (χ1n) is 7.48. The van der Waals surface area contributed by atoms with Crippen LogP contribution < -0.4 is 5.32 Å². The van der Waals surface area contributed by atoms with Crippen molar-refractivity contribution in [2.24, 2.45) is 0 Å². The van der Waals surface area contributed by atoms with E-state index in [0.717, 1.165) is 5.56 Å². The number of aromatic nitrogens is 2. The third-order valence-corrected chi connectivity index (χ3v) is 3.66. The molecule has 0 bridgehead atoms. The zero-order valence-corrected chi connectivity index (χ0v) is 13.3. The molecular weight excluding hydrogens is 320 g/mol. The fraction of sp³-hybridized carbons (Fsp3) is 0.0556. The number of carbonyl (C=O) groups excluding carboxylic acids is 1. The summed E-state index contributed by atoms with van der Waals surface area (Å²) >= 11 is 0. The van der Waals surface area contributed by atoms with Crippen LogP contribution in [-0.4, -0.2) is 20.8 Å². The van der Waals surface area contributed by atoms with Gasteiger partial charge in [0.15, 0.2) is 0 Å².